The van der Waals surface area contributed by atoms with E-state index in [0.717, 1.165) is 31.6 Å². The lowest BCUT2D eigenvalue weighted by atomic mass is 10.1. The zero-order chi connectivity index (χ0) is 23.9. The molecule has 0 aromatic heterocycles. The van der Waals surface area contributed by atoms with E-state index in [1.807, 2.05) is 41.3 Å². The predicted octanol–water partition coefficient (Wildman–Crippen LogP) is 4.25. The minimum Gasteiger partial charge on any atom is -0.376 e. The minimum absolute atomic E-state index is 0.0318. The first-order valence-electron chi connectivity index (χ1n) is 11.4. The molecule has 0 saturated carbocycles. The third-order valence-corrected chi connectivity index (χ3v) is 5.82. The van der Waals surface area contributed by atoms with Gasteiger partial charge in [-0.15, -0.1) is 0 Å². The monoisotopic (exact) mass is 456 g/mol. The molecular formula is C27H28N4O3. The summed E-state index contributed by atoms with van der Waals surface area (Å²) in [6.07, 6.45) is 2.10. The summed E-state index contributed by atoms with van der Waals surface area (Å²) >= 11 is 0. The normalized spacial score (nSPS) is 12.8. The maximum Gasteiger partial charge on any atom is 0.258 e. The Balaban J connectivity index is 1.31. The summed E-state index contributed by atoms with van der Waals surface area (Å²) in [6.45, 7) is 1.65. The lowest BCUT2D eigenvalue weighted by Gasteiger charge is -2.18. The predicted molar refractivity (Wildman–Crippen MR) is 134 cm³/mol. The average molecular weight is 457 g/mol. The maximum absolute atomic E-state index is 12.8. The van der Waals surface area contributed by atoms with Crippen LogP contribution in [-0.4, -0.2) is 49.3 Å². The molecule has 7 heteroatoms. The van der Waals surface area contributed by atoms with Gasteiger partial charge in [0.15, 0.2) is 0 Å². The lowest BCUT2D eigenvalue weighted by Crippen LogP contribution is -2.27. The first-order chi connectivity index (χ1) is 16.5. The van der Waals surface area contributed by atoms with Crippen LogP contribution in [0, 0.1) is 0 Å². The maximum atomic E-state index is 12.8. The van der Waals surface area contributed by atoms with Crippen molar-refractivity contribution in [1.29, 1.82) is 0 Å². The SMILES string of the molecule is CN(C(=O)c1cccc(NCC(=O)Nc2ccc(C(=O)N3CCCC3)cc2)c1)c1ccccc1. The van der Waals surface area contributed by atoms with E-state index in [0.29, 0.717) is 22.5 Å². The molecule has 0 aliphatic carbocycles. The standard InChI is InChI=1S/C27H28N4O3/c1-30(24-10-3-2-4-11-24)26(33)21-8-7-9-23(18-21)28-19-25(32)29-22-14-12-20(13-15-22)27(34)31-16-5-6-17-31/h2-4,7-15,18,28H,5-6,16-17,19H2,1H3,(H,29,32). The summed E-state index contributed by atoms with van der Waals surface area (Å²) in [7, 11) is 1.73. The Bertz CT molecular complexity index is 1160. The van der Waals surface area contributed by atoms with Crippen LogP contribution < -0.4 is 15.5 Å². The first kappa shape index (κ1) is 23.0. The highest BCUT2D eigenvalue weighted by atomic mass is 16.2. The van der Waals surface area contributed by atoms with Crippen LogP contribution >= 0.6 is 0 Å². The quantitative estimate of drug-likeness (QED) is 0.557. The van der Waals surface area contributed by atoms with Crippen molar-refractivity contribution in [1.82, 2.24) is 4.90 Å². The van der Waals surface area contributed by atoms with Gasteiger partial charge in [-0.1, -0.05) is 24.3 Å². The van der Waals surface area contributed by atoms with E-state index in [9.17, 15) is 14.4 Å². The molecule has 7 nitrogen and oxygen atoms in total. The van der Waals surface area contributed by atoms with Crippen molar-refractivity contribution < 1.29 is 14.4 Å². The van der Waals surface area contributed by atoms with Crippen molar-refractivity contribution in [3.05, 3.63) is 90.0 Å². The lowest BCUT2D eigenvalue weighted by molar-refractivity contribution is -0.114. The van der Waals surface area contributed by atoms with Crippen molar-refractivity contribution in [2.24, 2.45) is 0 Å². The Kier molecular flexibility index (Phi) is 7.22. The van der Waals surface area contributed by atoms with E-state index in [4.69, 9.17) is 0 Å². The Morgan fingerprint density at radius 1 is 0.824 bits per heavy atom. The number of carbonyl (C=O) groups is 3. The molecule has 0 atom stereocenters. The molecule has 1 fully saturated rings. The fraction of sp³-hybridized carbons (Fsp3) is 0.222. The number of amides is 3. The Labute approximate surface area is 199 Å². The van der Waals surface area contributed by atoms with E-state index in [1.54, 1.807) is 54.4 Å². The fourth-order valence-electron chi connectivity index (χ4n) is 3.91. The minimum atomic E-state index is -0.225. The van der Waals surface area contributed by atoms with Gasteiger partial charge < -0.3 is 20.4 Å². The molecule has 1 aliphatic heterocycles. The average Bonchev–Trinajstić information content (AvgIpc) is 3.42. The number of benzene rings is 3. The topological polar surface area (TPSA) is 81.8 Å². The van der Waals surface area contributed by atoms with E-state index in [-0.39, 0.29) is 24.3 Å². The number of likely N-dealkylation sites (tertiary alicyclic amines) is 1. The van der Waals surface area contributed by atoms with Gasteiger partial charge in [-0.25, -0.2) is 0 Å². The molecule has 174 valence electrons. The van der Waals surface area contributed by atoms with Crippen LogP contribution in [0.5, 0.6) is 0 Å². The Morgan fingerprint density at radius 3 is 2.24 bits per heavy atom. The molecule has 0 unspecified atom stereocenters. The van der Waals surface area contributed by atoms with Gasteiger partial charge in [0.05, 0.1) is 6.54 Å². The van der Waals surface area contributed by atoms with E-state index in [1.165, 1.54) is 0 Å². The molecule has 3 amide bonds. The smallest absolute Gasteiger partial charge is 0.258 e. The van der Waals surface area contributed by atoms with Crippen LogP contribution in [0.3, 0.4) is 0 Å². The summed E-state index contributed by atoms with van der Waals surface area (Å²) in [5.41, 5.74) is 3.25. The molecule has 4 rings (SSSR count). The number of rotatable bonds is 7. The molecule has 2 N–H and O–H groups in total. The van der Waals surface area contributed by atoms with Crippen LogP contribution in [0.4, 0.5) is 17.1 Å². The molecule has 0 bridgehead atoms. The Hall–Kier alpha value is -4.13. The number of carbonyl (C=O) groups excluding carboxylic acids is 3. The summed E-state index contributed by atoms with van der Waals surface area (Å²) in [6, 6.07) is 23.4. The number of para-hydroxylation sites is 1. The summed E-state index contributed by atoms with van der Waals surface area (Å²) < 4.78 is 0. The van der Waals surface area contributed by atoms with Crippen molar-refractivity contribution in [2.45, 2.75) is 12.8 Å². The molecule has 0 radical (unpaired) electrons. The highest BCUT2D eigenvalue weighted by Crippen LogP contribution is 2.18. The molecule has 1 heterocycles. The van der Waals surface area contributed by atoms with Crippen molar-refractivity contribution >= 4 is 34.8 Å². The molecular weight excluding hydrogens is 428 g/mol. The summed E-state index contributed by atoms with van der Waals surface area (Å²) in [4.78, 5) is 41.1. The van der Waals surface area contributed by atoms with Crippen molar-refractivity contribution in [3.8, 4) is 0 Å². The number of nitrogens with one attached hydrogen (secondary N) is 2. The highest BCUT2D eigenvalue weighted by Gasteiger charge is 2.19. The largest absolute Gasteiger partial charge is 0.376 e. The van der Waals surface area contributed by atoms with E-state index >= 15 is 0 Å². The fourth-order valence-corrected chi connectivity index (χ4v) is 3.91. The van der Waals surface area contributed by atoms with Gasteiger partial charge >= 0.3 is 0 Å². The van der Waals surface area contributed by atoms with Crippen molar-refractivity contribution in [2.75, 3.05) is 42.2 Å². The third-order valence-electron chi connectivity index (χ3n) is 5.82. The van der Waals surface area contributed by atoms with Gasteiger partial charge in [-0.2, -0.15) is 0 Å². The highest BCUT2D eigenvalue weighted by molar-refractivity contribution is 6.06. The van der Waals surface area contributed by atoms with Crippen LogP contribution in [0.2, 0.25) is 0 Å². The van der Waals surface area contributed by atoms with Gasteiger partial charge in [0, 0.05) is 48.3 Å². The number of hydrogen-bond donors (Lipinski definition) is 2. The number of nitrogens with zero attached hydrogens (tertiary/aromatic N) is 2. The molecule has 1 saturated heterocycles. The summed E-state index contributed by atoms with van der Waals surface area (Å²) in [5, 5.41) is 5.89. The summed E-state index contributed by atoms with van der Waals surface area (Å²) in [5.74, 6) is -0.330. The van der Waals surface area contributed by atoms with Gasteiger partial charge in [-0.3, -0.25) is 14.4 Å². The van der Waals surface area contributed by atoms with Crippen LogP contribution in [0.15, 0.2) is 78.9 Å². The molecule has 3 aromatic carbocycles. The van der Waals surface area contributed by atoms with Crippen LogP contribution in [0.25, 0.3) is 0 Å². The molecule has 34 heavy (non-hydrogen) atoms. The second-order valence-corrected chi connectivity index (χ2v) is 8.26. The van der Waals surface area contributed by atoms with Crippen molar-refractivity contribution in [3.63, 3.8) is 0 Å². The zero-order valence-corrected chi connectivity index (χ0v) is 19.2. The van der Waals surface area contributed by atoms with Gasteiger partial charge in [0.1, 0.15) is 0 Å². The second-order valence-electron chi connectivity index (χ2n) is 8.26. The van der Waals surface area contributed by atoms with Gasteiger partial charge in [0.25, 0.3) is 11.8 Å². The molecule has 0 spiro atoms. The Morgan fingerprint density at radius 2 is 1.53 bits per heavy atom. The van der Waals surface area contributed by atoms with Gasteiger partial charge in [0.2, 0.25) is 5.91 Å². The van der Waals surface area contributed by atoms with Crippen LogP contribution in [0.1, 0.15) is 33.6 Å². The number of anilines is 3. The zero-order valence-electron chi connectivity index (χ0n) is 19.2. The van der Waals surface area contributed by atoms with E-state index in [2.05, 4.69) is 10.6 Å². The first-order valence-corrected chi connectivity index (χ1v) is 11.4. The molecule has 3 aromatic rings. The van der Waals surface area contributed by atoms with Crippen LogP contribution in [-0.2, 0) is 4.79 Å². The second kappa shape index (κ2) is 10.7. The third kappa shape index (κ3) is 5.61. The van der Waals surface area contributed by atoms with Gasteiger partial charge in [-0.05, 0) is 67.4 Å². The molecule has 1 aliphatic rings. The van der Waals surface area contributed by atoms with E-state index < -0.39 is 0 Å². The number of hydrogen-bond acceptors (Lipinski definition) is 4.